The third-order valence-electron chi connectivity index (χ3n) is 2.34. The third-order valence-corrected chi connectivity index (χ3v) is 2.34. The topological polar surface area (TPSA) is 95.3 Å². The molecule has 0 fully saturated rings. The fourth-order valence-corrected chi connectivity index (χ4v) is 1.45. The Hall–Kier alpha value is -2.11. The standard InChI is InChI=1S/C12H14FN3O3/c13-10-4-3-9(5-6-17)8-11(10)19-7-1-2-12(18)15-16-14/h3-4,8,17H,1-2,5-7H2. The highest BCUT2D eigenvalue weighted by atomic mass is 19.1. The summed E-state index contributed by atoms with van der Waals surface area (Å²) >= 11 is 0. The summed E-state index contributed by atoms with van der Waals surface area (Å²) in [6.07, 6.45) is 0.815. The van der Waals surface area contributed by atoms with Crippen molar-refractivity contribution < 1.29 is 19.0 Å². The maximum atomic E-state index is 13.4. The molecular weight excluding hydrogens is 253 g/mol. The Labute approximate surface area is 109 Å². The van der Waals surface area contributed by atoms with E-state index in [2.05, 4.69) is 10.0 Å². The summed E-state index contributed by atoms with van der Waals surface area (Å²) < 4.78 is 18.6. The predicted octanol–water partition coefficient (Wildman–Crippen LogP) is 2.36. The van der Waals surface area contributed by atoms with Gasteiger partial charge in [-0.15, -0.1) is 0 Å². The Morgan fingerprint density at radius 2 is 2.32 bits per heavy atom. The van der Waals surface area contributed by atoms with Crippen LogP contribution in [-0.4, -0.2) is 24.2 Å². The molecule has 1 amide bonds. The zero-order valence-corrected chi connectivity index (χ0v) is 10.3. The summed E-state index contributed by atoms with van der Waals surface area (Å²) in [5.41, 5.74) is 8.79. The van der Waals surface area contributed by atoms with Gasteiger partial charge < -0.3 is 9.84 Å². The first-order valence-corrected chi connectivity index (χ1v) is 5.77. The van der Waals surface area contributed by atoms with Crippen LogP contribution >= 0.6 is 0 Å². The molecule has 0 bridgehead atoms. The number of carbonyl (C=O) groups is 1. The van der Waals surface area contributed by atoms with Gasteiger partial charge in [-0.1, -0.05) is 6.07 Å². The second-order valence-electron chi connectivity index (χ2n) is 3.77. The van der Waals surface area contributed by atoms with E-state index >= 15 is 0 Å². The van der Waals surface area contributed by atoms with Crippen molar-refractivity contribution in [3.05, 3.63) is 40.0 Å². The minimum absolute atomic E-state index is 0.0221. The van der Waals surface area contributed by atoms with E-state index < -0.39 is 11.7 Å². The van der Waals surface area contributed by atoms with Crippen LogP contribution in [0, 0.1) is 5.82 Å². The van der Waals surface area contributed by atoms with E-state index in [9.17, 15) is 9.18 Å². The highest BCUT2D eigenvalue weighted by molar-refractivity contribution is 5.76. The minimum Gasteiger partial charge on any atom is -0.490 e. The number of carbonyl (C=O) groups excluding carboxylic acids is 1. The van der Waals surface area contributed by atoms with Crippen LogP contribution in [0.3, 0.4) is 0 Å². The summed E-state index contributed by atoms with van der Waals surface area (Å²) in [5, 5.41) is 11.7. The van der Waals surface area contributed by atoms with Crippen LogP contribution in [0.4, 0.5) is 4.39 Å². The number of aliphatic hydroxyl groups is 1. The van der Waals surface area contributed by atoms with Crippen LogP contribution in [0.1, 0.15) is 18.4 Å². The van der Waals surface area contributed by atoms with Crippen molar-refractivity contribution in [2.75, 3.05) is 13.2 Å². The maximum Gasteiger partial charge on any atom is 0.219 e. The van der Waals surface area contributed by atoms with Crippen molar-refractivity contribution in [2.24, 2.45) is 5.11 Å². The molecule has 0 aromatic heterocycles. The first-order chi connectivity index (χ1) is 9.17. The molecule has 7 heteroatoms. The van der Waals surface area contributed by atoms with E-state index in [0.717, 1.165) is 5.56 Å². The number of ether oxygens (including phenoxy) is 1. The molecule has 0 heterocycles. The molecule has 19 heavy (non-hydrogen) atoms. The van der Waals surface area contributed by atoms with E-state index in [4.69, 9.17) is 15.4 Å². The Bertz CT molecular complexity index is 487. The average Bonchev–Trinajstić information content (AvgIpc) is 2.39. The molecule has 0 radical (unpaired) electrons. The fourth-order valence-electron chi connectivity index (χ4n) is 1.45. The number of amides is 1. The number of hydrogen-bond donors (Lipinski definition) is 1. The highest BCUT2D eigenvalue weighted by Gasteiger charge is 2.05. The Kier molecular flexibility index (Phi) is 6.35. The van der Waals surface area contributed by atoms with Crippen molar-refractivity contribution in [1.29, 1.82) is 0 Å². The lowest BCUT2D eigenvalue weighted by atomic mass is 10.1. The van der Waals surface area contributed by atoms with Gasteiger partial charge in [-0.2, -0.15) is 0 Å². The molecule has 102 valence electrons. The molecule has 1 N–H and O–H groups in total. The Balaban J connectivity index is 2.46. The van der Waals surface area contributed by atoms with Crippen LogP contribution in [0.15, 0.2) is 23.3 Å². The average molecular weight is 267 g/mol. The quantitative estimate of drug-likeness (QED) is 0.355. The molecule has 1 aromatic carbocycles. The SMILES string of the molecule is [N-]=[N+]=NC(=O)CCCOc1cc(CCO)ccc1F. The van der Waals surface area contributed by atoms with Gasteiger partial charge in [0.25, 0.3) is 0 Å². The van der Waals surface area contributed by atoms with Crippen molar-refractivity contribution in [3.63, 3.8) is 0 Å². The lowest BCUT2D eigenvalue weighted by Crippen LogP contribution is -2.03. The molecule has 0 spiro atoms. The number of benzene rings is 1. The van der Waals surface area contributed by atoms with Gasteiger partial charge in [0.2, 0.25) is 5.91 Å². The first-order valence-electron chi connectivity index (χ1n) is 5.77. The molecule has 1 aromatic rings. The number of azide groups is 1. The van der Waals surface area contributed by atoms with Gasteiger partial charge >= 0.3 is 0 Å². The smallest absolute Gasteiger partial charge is 0.219 e. The number of nitrogens with zero attached hydrogens (tertiary/aromatic N) is 3. The molecule has 1 rings (SSSR count). The van der Waals surface area contributed by atoms with Gasteiger partial charge in [0.1, 0.15) is 0 Å². The lowest BCUT2D eigenvalue weighted by molar-refractivity contribution is -0.118. The molecule has 0 saturated carbocycles. The van der Waals surface area contributed by atoms with Crippen LogP contribution in [0.25, 0.3) is 10.4 Å². The van der Waals surface area contributed by atoms with Crippen molar-refractivity contribution >= 4 is 5.91 Å². The van der Waals surface area contributed by atoms with E-state index in [1.165, 1.54) is 12.1 Å². The lowest BCUT2D eigenvalue weighted by Gasteiger charge is -2.08. The number of aliphatic hydroxyl groups excluding tert-OH is 1. The van der Waals surface area contributed by atoms with Crippen LogP contribution in [0.5, 0.6) is 5.75 Å². The number of halogens is 1. The van der Waals surface area contributed by atoms with Crippen molar-refractivity contribution in [1.82, 2.24) is 0 Å². The van der Waals surface area contributed by atoms with E-state index in [0.29, 0.717) is 12.8 Å². The number of rotatable bonds is 7. The molecule has 0 saturated heterocycles. The monoisotopic (exact) mass is 267 g/mol. The van der Waals surface area contributed by atoms with Gasteiger partial charge in [-0.05, 0) is 41.2 Å². The summed E-state index contributed by atoms with van der Waals surface area (Å²) in [6.45, 7) is 0.123. The summed E-state index contributed by atoms with van der Waals surface area (Å²) in [6, 6.07) is 4.36. The molecule has 0 unspecified atom stereocenters. The van der Waals surface area contributed by atoms with E-state index in [1.54, 1.807) is 6.07 Å². The Morgan fingerprint density at radius 3 is 3.00 bits per heavy atom. The molecule has 0 aliphatic carbocycles. The number of hydrogen-bond acceptors (Lipinski definition) is 3. The zero-order valence-electron chi connectivity index (χ0n) is 10.3. The van der Waals surface area contributed by atoms with Gasteiger partial charge in [-0.25, -0.2) is 4.39 Å². The molecule has 0 aliphatic heterocycles. The maximum absolute atomic E-state index is 13.4. The summed E-state index contributed by atoms with van der Waals surface area (Å²) in [5.74, 6) is -0.981. The summed E-state index contributed by atoms with van der Waals surface area (Å²) in [7, 11) is 0. The van der Waals surface area contributed by atoms with E-state index in [-0.39, 0.29) is 25.4 Å². The zero-order chi connectivity index (χ0) is 14.1. The van der Waals surface area contributed by atoms with Crippen molar-refractivity contribution in [2.45, 2.75) is 19.3 Å². The van der Waals surface area contributed by atoms with E-state index in [1.807, 2.05) is 0 Å². The van der Waals surface area contributed by atoms with Crippen LogP contribution in [0.2, 0.25) is 0 Å². The van der Waals surface area contributed by atoms with Crippen LogP contribution < -0.4 is 4.74 Å². The normalized spacial score (nSPS) is 9.79. The van der Waals surface area contributed by atoms with Crippen molar-refractivity contribution in [3.8, 4) is 5.75 Å². The third kappa shape index (κ3) is 5.37. The van der Waals surface area contributed by atoms with Crippen LogP contribution in [-0.2, 0) is 11.2 Å². The minimum atomic E-state index is -0.569. The largest absolute Gasteiger partial charge is 0.490 e. The van der Waals surface area contributed by atoms with Gasteiger partial charge in [-0.3, -0.25) is 4.79 Å². The van der Waals surface area contributed by atoms with Gasteiger partial charge in [0.15, 0.2) is 11.6 Å². The second-order valence-corrected chi connectivity index (χ2v) is 3.77. The predicted molar refractivity (Wildman–Crippen MR) is 66.1 cm³/mol. The van der Waals surface area contributed by atoms with Gasteiger partial charge in [0, 0.05) is 17.9 Å². The molecule has 0 atom stereocenters. The first kappa shape index (κ1) is 14.9. The second kappa shape index (κ2) is 8.07. The molecule has 6 nitrogen and oxygen atoms in total. The fraction of sp³-hybridized carbons (Fsp3) is 0.417. The summed E-state index contributed by atoms with van der Waals surface area (Å²) in [4.78, 5) is 13.3. The highest BCUT2D eigenvalue weighted by Crippen LogP contribution is 2.19. The molecular formula is C12H14FN3O3. The Morgan fingerprint density at radius 1 is 1.53 bits per heavy atom. The molecule has 0 aliphatic rings. The van der Waals surface area contributed by atoms with Gasteiger partial charge in [0.05, 0.1) is 6.61 Å².